The molecule has 3 nitrogen and oxygen atoms in total. The second kappa shape index (κ2) is 5.83. The molecule has 0 aromatic rings. The molecule has 0 radical (unpaired) electrons. The monoisotopic (exact) mass is 266 g/mol. The van der Waals surface area contributed by atoms with Crippen molar-refractivity contribution in [2.75, 3.05) is 39.8 Å². The molecule has 0 spiro atoms. The van der Waals surface area contributed by atoms with Crippen LogP contribution in [0.25, 0.3) is 0 Å². The molecule has 2 saturated heterocycles. The number of likely N-dealkylation sites (N-methyl/N-ethyl adjacent to an activating group) is 1. The van der Waals surface area contributed by atoms with Gasteiger partial charge in [-0.15, -0.1) is 0 Å². The van der Waals surface area contributed by atoms with Gasteiger partial charge >= 0.3 is 0 Å². The number of rotatable bonds is 1. The van der Waals surface area contributed by atoms with Gasteiger partial charge in [-0.2, -0.15) is 0 Å². The molecule has 0 aliphatic carbocycles. The third kappa shape index (κ3) is 4.49. The van der Waals surface area contributed by atoms with Crippen molar-refractivity contribution in [2.24, 2.45) is 0 Å². The third-order valence-corrected chi connectivity index (χ3v) is 4.44. The SMILES string of the molecule is C[NH+]1CC[NH+](CC#C[C@]2(C)CCCC(C)(C)O2)CC1. The van der Waals surface area contributed by atoms with E-state index in [1.165, 1.54) is 32.6 Å². The van der Waals surface area contributed by atoms with Crippen LogP contribution in [-0.2, 0) is 4.74 Å². The lowest BCUT2D eigenvalue weighted by atomic mass is 9.88. The fourth-order valence-electron chi connectivity index (χ4n) is 3.21. The Morgan fingerprint density at radius 3 is 2.37 bits per heavy atom. The fourth-order valence-corrected chi connectivity index (χ4v) is 3.21. The second-order valence-electron chi connectivity index (χ2n) is 7.13. The van der Waals surface area contributed by atoms with Gasteiger partial charge in [-0.3, -0.25) is 0 Å². The van der Waals surface area contributed by atoms with Gasteiger partial charge in [0.2, 0.25) is 0 Å². The first-order valence-corrected chi connectivity index (χ1v) is 7.74. The van der Waals surface area contributed by atoms with E-state index in [1.54, 1.807) is 9.80 Å². The minimum Gasteiger partial charge on any atom is -0.357 e. The molecule has 3 heteroatoms. The molecule has 2 N–H and O–H groups in total. The molecule has 108 valence electrons. The summed E-state index contributed by atoms with van der Waals surface area (Å²) >= 11 is 0. The topological polar surface area (TPSA) is 18.1 Å². The van der Waals surface area contributed by atoms with Crippen molar-refractivity contribution in [1.82, 2.24) is 0 Å². The smallest absolute Gasteiger partial charge is 0.139 e. The van der Waals surface area contributed by atoms with Gasteiger partial charge in [-0.25, -0.2) is 0 Å². The summed E-state index contributed by atoms with van der Waals surface area (Å²) in [6.07, 6.45) is 3.45. The molecule has 2 rings (SSSR count). The van der Waals surface area contributed by atoms with Crippen LogP contribution in [0.1, 0.15) is 40.0 Å². The fraction of sp³-hybridized carbons (Fsp3) is 0.875. The van der Waals surface area contributed by atoms with Crippen LogP contribution in [0.3, 0.4) is 0 Å². The number of quaternary nitrogens is 2. The van der Waals surface area contributed by atoms with E-state index in [-0.39, 0.29) is 11.2 Å². The molecule has 0 saturated carbocycles. The molecular weight excluding hydrogens is 236 g/mol. The lowest BCUT2D eigenvalue weighted by Gasteiger charge is -2.40. The summed E-state index contributed by atoms with van der Waals surface area (Å²) in [4.78, 5) is 3.29. The van der Waals surface area contributed by atoms with E-state index in [4.69, 9.17) is 4.74 Å². The first-order chi connectivity index (χ1) is 8.89. The number of piperazine rings is 1. The first kappa shape index (κ1) is 14.8. The summed E-state index contributed by atoms with van der Waals surface area (Å²) in [5, 5.41) is 0. The zero-order valence-electron chi connectivity index (χ0n) is 13.1. The van der Waals surface area contributed by atoms with Crippen LogP contribution < -0.4 is 9.80 Å². The molecule has 2 aliphatic heterocycles. The Morgan fingerprint density at radius 1 is 1.05 bits per heavy atom. The zero-order valence-corrected chi connectivity index (χ0v) is 13.1. The molecular formula is C16H30N2O+2. The Labute approximate surface area is 118 Å². The molecule has 2 aliphatic rings. The average Bonchev–Trinajstić information content (AvgIpc) is 2.30. The van der Waals surface area contributed by atoms with E-state index >= 15 is 0 Å². The van der Waals surface area contributed by atoms with Gasteiger partial charge in [0.15, 0.2) is 0 Å². The average molecular weight is 266 g/mol. The van der Waals surface area contributed by atoms with E-state index in [0.29, 0.717) is 0 Å². The minimum atomic E-state index is -0.223. The van der Waals surface area contributed by atoms with Crippen molar-refractivity contribution in [1.29, 1.82) is 0 Å². The summed E-state index contributed by atoms with van der Waals surface area (Å²) in [5.74, 6) is 6.81. The minimum absolute atomic E-state index is 0.00820. The van der Waals surface area contributed by atoms with E-state index in [0.717, 1.165) is 19.4 Å². The summed E-state index contributed by atoms with van der Waals surface area (Å²) in [6, 6.07) is 0. The number of hydrogen-bond acceptors (Lipinski definition) is 1. The zero-order chi connectivity index (χ0) is 13.9. The van der Waals surface area contributed by atoms with Crippen molar-refractivity contribution < 1.29 is 14.5 Å². The van der Waals surface area contributed by atoms with Crippen LogP contribution in [0.5, 0.6) is 0 Å². The molecule has 2 fully saturated rings. The third-order valence-electron chi connectivity index (χ3n) is 4.44. The highest BCUT2D eigenvalue weighted by Gasteiger charge is 2.36. The van der Waals surface area contributed by atoms with Crippen molar-refractivity contribution in [3.05, 3.63) is 0 Å². The molecule has 2 heterocycles. The van der Waals surface area contributed by atoms with Gasteiger partial charge in [-0.1, -0.05) is 5.92 Å². The van der Waals surface area contributed by atoms with Gasteiger partial charge in [0.25, 0.3) is 0 Å². The lowest BCUT2D eigenvalue weighted by molar-refractivity contribution is -1.000. The van der Waals surface area contributed by atoms with Crippen molar-refractivity contribution >= 4 is 0 Å². The highest BCUT2D eigenvalue weighted by atomic mass is 16.5. The Hall–Kier alpha value is -0.560. The van der Waals surface area contributed by atoms with Crippen LogP contribution in [-0.4, -0.2) is 51.0 Å². The summed E-state index contributed by atoms with van der Waals surface area (Å²) in [6.45, 7) is 12.6. The molecule has 0 bridgehead atoms. The summed E-state index contributed by atoms with van der Waals surface area (Å²) in [5.41, 5.74) is -0.231. The van der Waals surface area contributed by atoms with Crippen LogP contribution in [0.4, 0.5) is 0 Å². The van der Waals surface area contributed by atoms with Gasteiger partial charge in [-0.05, 0) is 46.0 Å². The molecule has 1 atom stereocenters. The molecule has 0 aromatic carbocycles. The van der Waals surface area contributed by atoms with E-state index in [9.17, 15) is 0 Å². The van der Waals surface area contributed by atoms with Gasteiger partial charge in [0.1, 0.15) is 38.3 Å². The Balaban J connectivity index is 1.85. The van der Waals surface area contributed by atoms with Crippen LogP contribution in [0.2, 0.25) is 0 Å². The second-order valence-corrected chi connectivity index (χ2v) is 7.13. The van der Waals surface area contributed by atoms with Crippen LogP contribution in [0, 0.1) is 11.8 Å². The number of ether oxygens (including phenoxy) is 1. The molecule has 0 aromatic heterocycles. The van der Waals surface area contributed by atoms with Crippen molar-refractivity contribution in [3.63, 3.8) is 0 Å². The van der Waals surface area contributed by atoms with Gasteiger partial charge in [0, 0.05) is 0 Å². The highest BCUT2D eigenvalue weighted by molar-refractivity contribution is 5.14. The quantitative estimate of drug-likeness (QED) is 0.591. The largest absolute Gasteiger partial charge is 0.357 e. The first-order valence-electron chi connectivity index (χ1n) is 7.74. The van der Waals surface area contributed by atoms with E-state index in [2.05, 4.69) is 39.7 Å². The maximum Gasteiger partial charge on any atom is 0.139 e. The van der Waals surface area contributed by atoms with E-state index < -0.39 is 0 Å². The predicted molar refractivity (Wildman–Crippen MR) is 77.4 cm³/mol. The number of hydrogen-bond donors (Lipinski definition) is 2. The normalized spacial score (nSPS) is 38.3. The predicted octanol–water partition coefficient (Wildman–Crippen LogP) is -0.859. The molecule has 19 heavy (non-hydrogen) atoms. The van der Waals surface area contributed by atoms with Gasteiger partial charge in [0.05, 0.1) is 12.6 Å². The van der Waals surface area contributed by atoms with Crippen LogP contribution in [0.15, 0.2) is 0 Å². The number of nitrogens with one attached hydrogen (secondary N) is 2. The summed E-state index contributed by atoms with van der Waals surface area (Å²) < 4.78 is 6.18. The van der Waals surface area contributed by atoms with Crippen molar-refractivity contribution in [2.45, 2.75) is 51.2 Å². The maximum absolute atomic E-state index is 6.18. The molecule has 0 unspecified atom stereocenters. The van der Waals surface area contributed by atoms with Gasteiger partial charge < -0.3 is 14.5 Å². The standard InChI is InChI=1S/C16H28N2O/c1-15(2)7-5-8-16(3,19-15)9-6-10-18-13-11-17(4)12-14-18/h5,7-8,10-14H2,1-4H3/p+2/t16-/m0/s1. The Morgan fingerprint density at radius 2 is 1.74 bits per heavy atom. The van der Waals surface area contributed by atoms with Crippen LogP contribution >= 0.6 is 0 Å². The Kier molecular flexibility index (Phi) is 4.55. The van der Waals surface area contributed by atoms with E-state index in [1.807, 2.05) is 0 Å². The van der Waals surface area contributed by atoms with Crippen molar-refractivity contribution in [3.8, 4) is 11.8 Å². The lowest BCUT2D eigenvalue weighted by Crippen LogP contribution is -3.26. The Bertz CT molecular complexity index is 361. The summed E-state index contributed by atoms with van der Waals surface area (Å²) in [7, 11) is 2.28. The molecule has 0 amide bonds. The maximum atomic E-state index is 6.18. The highest BCUT2D eigenvalue weighted by Crippen LogP contribution is 2.34.